The van der Waals surface area contributed by atoms with Crippen molar-refractivity contribution in [2.75, 3.05) is 0 Å². The molecule has 0 aliphatic carbocycles. The molecule has 4 heterocycles. The van der Waals surface area contributed by atoms with Crippen LogP contribution in [0.3, 0.4) is 0 Å². The van der Waals surface area contributed by atoms with Gasteiger partial charge < -0.3 is 4.57 Å². The van der Waals surface area contributed by atoms with Crippen molar-refractivity contribution in [3.05, 3.63) is 88.4 Å². The number of aromatic nitrogens is 4. The first kappa shape index (κ1) is 17.8. The van der Waals surface area contributed by atoms with E-state index in [2.05, 4.69) is 27.1 Å². The number of nitrogens with zero attached hydrogens (tertiary/aromatic N) is 6. The zero-order valence-corrected chi connectivity index (χ0v) is 16.1. The number of benzene rings is 1. The molecule has 0 amide bonds. The number of fused-ring (bicyclic) bond motifs is 1. The Bertz CT molecular complexity index is 1420. The Kier molecular flexibility index (Phi) is 4.11. The summed E-state index contributed by atoms with van der Waals surface area (Å²) in [5.74, 6) is 0. The van der Waals surface area contributed by atoms with Crippen molar-refractivity contribution in [1.82, 2.24) is 19.1 Å². The molecule has 3 aromatic heterocycles. The zero-order valence-electron chi connectivity index (χ0n) is 16.1. The first-order valence-corrected chi connectivity index (χ1v) is 9.38. The Morgan fingerprint density at radius 3 is 2.87 bits per heavy atom. The summed E-state index contributed by atoms with van der Waals surface area (Å²) in [7, 11) is 1.70. The van der Waals surface area contributed by atoms with E-state index in [0.717, 1.165) is 22.4 Å². The lowest BCUT2D eigenvalue weighted by atomic mass is 10.0. The normalized spacial score (nSPS) is 12.0. The fourth-order valence-corrected chi connectivity index (χ4v) is 3.59. The van der Waals surface area contributed by atoms with Gasteiger partial charge in [-0.15, -0.1) is 0 Å². The Hall–Kier alpha value is -4.31. The molecule has 1 aliphatic rings. The van der Waals surface area contributed by atoms with E-state index in [9.17, 15) is 10.1 Å². The molecular weight excluding hydrogens is 376 g/mol. The zero-order chi connectivity index (χ0) is 20.7. The number of pyridine rings is 2. The van der Waals surface area contributed by atoms with Gasteiger partial charge in [0.15, 0.2) is 0 Å². The molecule has 0 saturated carbocycles. The average molecular weight is 392 g/mol. The van der Waals surface area contributed by atoms with Gasteiger partial charge in [0.25, 0.3) is 0 Å². The first-order valence-electron chi connectivity index (χ1n) is 9.38. The van der Waals surface area contributed by atoms with Gasteiger partial charge in [-0.05, 0) is 42.0 Å². The highest BCUT2D eigenvalue weighted by atomic mass is 16.1. The Labute approximate surface area is 172 Å². The van der Waals surface area contributed by atoms with E-state index in [-0.39, 0.29) is 5.69 Å². The van der Waals surface area contributed by atoms with Gasteiger partial charge in [0, 0.05) is 43.0 Å². The van der Waals surface area contributed by atoms with Crippen molar-refractivity contribution in [3.8, 4) is 34.3 Å². The molecule has 0 N–H and O–H groups in total. The van der Waals surface area contributed by atoms with Crippen molar-refractivity contribution < 1.29 is 0 Å². The van der Waals surface area contributed by atoms with Crippen LogP contribution >= 0.6 is 0 Å². The predicted molar refractivity (Wildman–Crippen MR) is 113 cm³/mol. The number of hydrogen-bond donors (Lipinski definition) is 0. The van der Waals surface area contributed by atoms with Crippen molar-refractivity contribution in [1.29, 1.82) is 5.26 Å². The van der Waals surface area contributed by atoms with E-state index in [0.29, 0.717) is 29.2 Å². The minimum absolute atomic E-state index is 0.206. The molecule has 0 spiro atoms. The summed E-state index contributed by atoms with van der Waals surface area (Å²) in [6, 6.07) is 15.0. The van der Waals surface area contributed by atoms with E-state index in [1.54, 1.807) is 48.3 Å². The number of aryl methyl sites for hydroxylation is 1. The van der Waals surface area contributed by atoms with Gasteiger partial charge in [-0.2, -0.15) is 5.26 Å². The van der Waals surface area contributed by atoms with Gasteiger partial charge in [-0.3, -0.25) is 19.5 Å². The fourth-order valence-electron chi connectivity index (χ4n) is 3.59. The molecule has 0 atom stereocenters. The van der Waals surface area contributed by atoms with Crippen LogP contribution in [0.4, 0.5) is 0 Å². The molecule has 5 rings (SSSR count). The van der Waals surface area contributed by atoms with Crippen LogP contribution in [0.15, 0.2) is 70.8 Å². The number of nitriles is 1. The Morgan fingerprint density at radius 1 is 1.10 bits per heavy atom. The summed E-state index contributed by atoms with van der Waals surface area (Å²) in [5.41, 5.74) is 6.11. The number of hydrogen-bond acceptors (Lipinski definition) is 5. The lowest BCUT2D eigenvalue weighted by Gasteiger charge is -2.09. The van der Waals surface area contributed by atoms with Gasteiger partial charge in [0.2, 0.25) is 0 Å². The Morgan fingerprint density at radius 2 is 2.00 bits per heavy atom. The molecule has 7 heteroatoms. The number of rotatable bonds is 3. The second-order valence-electron chi connectivity index (χ2n) is 7.06. The van der Waals surface area contributed by atoms with Gasteiger partial charge in [-0.1, -0.05) is 6.07 Å². The van der Waals surface area contributed by atoms with Crippen LogP contribution in [0.25, 0.3) is 28.2 Å². The highest BCUT2D eigenvalue weighted by molar-refractivity contribution is 5.86. The molecule has 1 aliphatic heterocycles. The van der Waals surface area contributed by atoms with Crippen molar-refractivity contribution in [2.24, 2.45) is 12.0 Å². The molecule has 0 fully saturated rings. The van der Waals surface area contributed by atoms with E-state index in [1.165, 1.54) is 4.57 Å². The summed E-state index contributed by atoms with van der Waals surface area (Å²) >= 11 is 0. The molecule has 144 valence electrons. The maximum atomic E-state index is 12.8. The predicted octanol–water partition coefficient (Wildman–Crippen LogP) is 3.10. The molecule has 0 saturated heterocycles. The second-order valence-corrected chi connectivity index (χ2v) is 7.06. The minimum atomic E-state index is -0.206. The van der Waals surface area contributed by atoms with Crippen LogP contribution in [0.1, 0.15) is 16.8 Å². The maximum Gasteiger partial charge on any atom is 0.333 e. The largest absolute Gasteiger partial charge is 0.333 e. The van der Waals surface area contributed by atoms with E-state index >= 15 is 0 Å². The third-order valence-corrected chi connectivity index (χ3v) is 5.11. The number of imidazole rings is 1. The summed E-state index contributed by atoms with van der Waals surface area (Å²) in [4.78, 5) is 26.1. The Balaban J connectivity index is 1.65. The highest BCUT2D eigenvalue weighted by Crippen LogP contribution is 2.27. The van der Waals surface area contributed by atoms with Crippen LogP contribution in [0.2, 0.25) is 0 Å². The average Bonchev–Trinajstić information content (AvgIpc) is 3.37. The van der Waals surface area contributed by atoms with Gasteiger partial charge >= 0.3 is 5.69 Å². The topological polar surface area (TPSA) is 88.9 Å². The lowest BCUT2D eigenvalue weighted by Crippen LogP contribution is -2.21. The summed E-state index contributed by atoms with van der Waals surface area (Å²) in [6.45, 7) is 0.620. The van der Waals surface area contributed by atoms with Crippen molar-refractivity contribution in [2.45, 2.75) is 6.54 Å². The SMILES string of the molecule is Cn1cc(-c2cc(-c3cnc4c(c3)C=NC4)ccn2)n(-c2cccc(C#N)c2)c1=O. The fraction of sp³-hybridized carbons (Fsp3) is 0.0870. The molecule has 0 radical (unpaired) electrons. The number of aliphatic imine (C=N–C) groups is 1. The highest BCUT2D eigenvalue weighted by Gasteiger charge is 2.16. The summed E-state index contributed by atoms with van der Waals surface area (Å²) in [6.07, 6.45) is 7.15. The summed E-state index contributed by atoms with van der Waals surface area (Å²) in [5, 5.41) is 9.23. The maximum absolute atomic E-state index is 12.8. The minimum Gasteiger partial charge on any atom is -0.301 e. The van der Waals surface area contributed by atoms with Gasteiger partial charge in [0.1, 0.15) is 0 Å². The molecule has 4 aromatic rings. The lowest BCUT2D eigenvalue weighted by molar-refractivity contribution is 0.824. The van der Waals surface area contributed by atoms with E-state index < -0.39 is 0 Å². The van der Waals surface area contributed by atoms with E-state index in [1.807, 2.05) is 24.5 Å². The van der Waals surface area contributed by atoms with Crippen LogP contribution in [-0.2, 0) is 13.6 Å². The van der Waals surface area contributed by atoms with E-state index in [4.69, 9.17) is 0 Å². The van der Waals surface area contributed by atoms with Crippen molar-refractivity contribution in [3.63, 3.8) is 0 Å². The third kappa shape index (κ3) is 2.91. The van der Waals surface area contributed by atoms with Gasteiger partial charge in [0.05, 0.1) is 40.9 Å². The van der Waals surface area contributed by atoms with Crippen LogP contribution in [-0.4, -0.2) is 25.3 Å². The smallest absolute Gasteiger partial charge is 0.301 e. The monoisotopic (exact) mass is 392 g/mol. The van der Waals surface area contributed by atoms with Crippen molar-refractivity contribution >= 4 is 6.21 Å². The molecule has 0 unspecified atom stereocenters. The first-order chi connectivity index (χ1) is 14.6. The molecular formula is C23H16N6O. The quantitative estimate of drug-likeness (QED) is 0.536. The molecule has 1 aromatic carbocycles. The van der Waals surface area contributed by atoms with Crippen LogP contribution in [0, 0.1) is 11.3 Å². The van der Waals surface area contributed by atoms with Gasteiger partial charge in [-0.25, -0.2) is 4.79 Å². The summed E-state index contributed by atoms with van der Waals surface area (Å²) < 4.78 is 3.08. The molecule has 30 heavy (non-hydrogen) atoms. The third-order valence-electron chi connectivity index (χ3n) is 5.11. The second kappa shape index (κ2) is 6.94. The standard InChI is InChI=1S/C23H16N6O/c1-28-14-22(29(23(28)30)19-4-2-3-15(7-19)10-24)20-9-16(5-6-26-20)17-8-18-11-25-13-21(18)27-12-17/h2-9,11-12,14H,13H2,1H3. The van der Waals surface area contributed by atoms with Crippen LogP contribution < -0.4 is 5.69 Å². The molecule has 0 bridgehead atoms. The molecule has 7 nitrogen and oxygen atoms in total. The van der Waals surface area contributed by atoms with Crippen LogP contribution in [0.5, 0.6) is 0 Å².